The Morgan fingerprint density at radius 3 is 3.05 bits per heavy atom. The van der Waals surface area contributed by atoms with Gasteiger partial charge in [0.2, 0.25) is 15.9 Å². The van der Waals surface area contributed by atoms with Crippen molar-refractivity contribution in [2.24, 2.45) is 0 Å². The zero-order chi connectivity index (χ0) is 16.0. The van der Waals surface area contributed by atoms with Gasteiger partial charge in [0, 0.05) is 19.7 Å². The van der Waals surface area contributed by atoms with Crippen molar-refractivity contribution in [3.8, 4) is 0 Å². The van der Waals surface area contributed by atoms with Crippen LogP contribution in [0.25, 0.3) is 0 Å². The van der Waals surface area contributed by atoms with Crippen molar-refractivity contribution in [3.05, 3.63) is 24.2 Å². The molecule has 0 radical (unpaired) electrons. The number of hydrogen-bond donors (Lipinski definition) is 1. The summed E-state index contributed by atoms with van der Waals surface area (Å²) in [4.78, 5) is 12.0. The van der Waals surface area contributed by atoms with E-state index in [0.717, 1.165) is 18.4 Å². The number of nitrogens with one attached hydrogen (secondary N) is 1. The van der Waals surface area contributed by atoms with Crippen LogP contribution in [0.2, 0.25) is 0 Å². The predicted molar refractivity (Wildman–Crippen MR) is 80.6 cm³/mol. The van der Waals surface area contributed by atoms with Gasteiger partial charge in [-0.15, -0.1) is 0 Å². The molecule has 0 aliphatic carbocycles. The molecule has 1 saturated heterocycles. The van der Waals surface area contributed by atoms with Crippen molar-refractivity contribution in [1.82, 2.24) is 9.62 Å². The van der Waals surface area contributed by atoms with Gasteiger partial charge in [-0.05, 0) is 31.4 Å². The van der Waals surface area contributed by atoms with Crippen molar-refractivity contribution in [2.45, 2.75) is 31.9 Å². The van der Waals surface area contributed by atoms with Crippen LogP contribution in [0.15, 0.2) is 22.8 Å². The monoisotopic (exact) mass is 330 g/mol. The Labute approximate surface area is 130 Å². The fourth-order valence-corrected chi connectivity index (χ4v) is 3.59. The molecular formula is C14H22N2O5S. The van der Waals surface area contributed by atoms with Crippen LogP contribution in [0.4, 0.5) is 0 Å². The second kappa shape index (κ2) is 7.75. The molecule has 1 amide bonds. The predicted octanol–water partition coefficient (Wildman–Crippen LogP) is 0.727. The number of carbonyl (C=O) groups excluding carboxylic acids is 1. The number of nitrogens with zero attached hydrogens (tertiary/aromatic N) is 1. The third kappa shape index (κ3) is 4.82. The summed E-state index contributed by atoms with van der Waals surface area (Å²) in [5, 5.41) is 2.77. The topological polar surface area (TPSA) is 88.9 Å². The van der Waals surface area contributed by atoms with Crippen molar-refractivity contribution >= 4 is 15.9 Å². The number of amides is 1. The van der Waals surface area contributed by atoms with Crippen molar-refractivity contribution < 1.29 is 22.4 Å². The van der Waals surface area contributed by atoms with Crippen molar-refractivity contribution in [2.75, 3.05) is 26.0 Å². The van der Waals surface area contributed by atoms with E-state index in [1.807, 2.05) is 6.07 Å². The molecule has 1 aliphatic rings. The fourth-order valence-electron chi connectivity index (χ4n) is 2.47. The Morgan fingerprint density at radius 2 is 2.36 bits per heavy atom. The second-order valence-corrected chi connectivity index (χ2v) is 7.24. The number of rotatable bonds is 8. The molecule has 1 fully saturated rings. The largest absolute Gasteiger partial charge is 0.467 e. The maximum atomic E-state index is 12.0. The normalized spacial score (nSPS) is 19.4. The smallest absolute Gasteiger partial charge is 0.238 e. The van der Waals surface area contributed by atoms with Gasteiger partial charge in [-0.25, -0.2) is 8.42 Å². The first-order valence-electron chi connectivity index (χ1n) is 7.33. The molecule has 1 atom stereocenters. The lowest BCUT2D eigenvalue weighted by Gasteiger charge is -2.21. The minimum absolute atomic E-state index is 0.228. The molecule has 1 aliphatic heterocycles. The van der Waals surface area contributed by atoms with Crippen LogP contribution in [0.5, 0.6) is 0 Å². The lowest BCUT2D eigenvalue weighted by Crippen LogP contribution is -2.45. The Bertz CT molecular complexity index is 570. The summed E-state index contributed by atoms with van der Waals surface area (Å²) >= 11 is 0. The van der Waals surface area contributed by atoms with Crippen LogP contribution in [-0.4, -0.2) is 50.6 Å². The number of sulfonamides is 1. The summed E-state index contributed by atoms with van der Waals surface area (Å²) in [6.07, 6.45) is 4.69. The Balaban J connectivity index is 1.63. The fraction of sp³-hybridized carbons (Fsp3) is 0.643. The molecule has 0 unspecified atom stereocenters. The molecule has 7 nitrogen and oxygen atoms in total. The number of furan rings is 1. The molecule has 2 rings (SSSR count). The molecule has 22 heavy (non-hydrogen) atoms. The average Bonchev–Trinajstić information content (AvgIpc) is 3.11. The Hall–Kier alpha value is -1.38. The molecule has 1 aromatic heterocycles. The first-order chi connectivity index (χ1) is 10.5. The quantitative estimate of drug-likeness (QED) is 0.710. The minimum Gasteiger partial charge on any atom is -0.467 e. The molecule has 0 saturated carbocycles. The van der Waals surface area contributed by atoms with Crippen molar-refractivity contribution in [3.63, 3.8) is 0 Å². The van der Waals surface area contributed by atoms with Gasteiger partial charge >= 0.3 is 0 Å². The number of ether oxygens (including phenoxy) is 1. The van der Waals surface area contributed by atoms with E-state index < -0.39 is 16.1 Å². The van der Waals surface area contributed by atoms with Crippen LogP contribution < -0.4 is 5.32 Å². The number of carbonyl (C=O) groups is 1. The number of hydrogen-bond acceptors (Lipinski definition) is 5. The summed E-state index contributed by atoms with van der Waals surface area (Å²) in [7, 11) is -3.32. The van der Waals surface area contributed by atoms with Gasteiger partial charge in [0.15, 0.2) is 0 Å². The van der Waals surface area contributed by atoms with Crippen LogP contribution in [0, 0.1) is 0 Å². The molecular weight excluding hydrogens is 308 g/mol. The summed E-state index contributed by atoms with van der Waals surface area (Å²) in [5.41, 5.74) is 0. The highest BCUT2D eigenvalue weighted by Crippen LogP contribution is 2.20. The molecule has 1 aromatic rings. The van der Waals surface area contributed by atoms with Gasteiger partial charge in [-0.1, -0.05) is 0 Å². The average molecular weight is 330 g/mol. The van der Waals surface area contributed by atoms with Gasteiger partial charge < -0.3 is 14.5 Å². The maximum Gasteiger partial charge on any atom is 0.238 e. The summed E-state index contributed by atoms with van der Waals surface area (Å²) in [5.74, 6) is 0.535. The standard InChI is InChI=1S/C14H22N2O5S/c1-22(18,19)16-8-2-6-13(16)14(17)15-7-4-9-20-11-12-5-3-10-21-12/h3,5,10,13H,2,4,6-9,11H2,1H3,(H,15,17)/t13-/m1/s1. The highest BCUT2D eigenvalue weighted by atomic mass is 32.2. The molecule has 0 spiro atoms. The van der Waals surface area contributed by atoms with Crippen molar-refractivity contribution in [1.29, 1.82) is 0 Å². The maximum absolute atomic E-state index is 12.0. The third-order valence-corrected chi connectivity index (χ3v) is 4.81. The zero-order valence-corrected chi connectivity index (χ0v) is 13.5. The first kappa shape index (κ1) is 17.0. The highest BCUT2D eigenvalue weighted by molar-refractivity contribution is 7.88. The van der Waals surface area contributed by atoms with Crippen LogP contribution in [0.1, 0.15) is 25.0 Å². The molecule has 1 N–H and O–H groups in total. The molecule has 124 valence electrons. The Kier molecular flexibility index (Phi) is 5.98. The second-order valence-electron chi connectivity index (χ2n) is 5.31. The van der Waals surface area contributed by atoms with Crippen LogP contribution in [0.3, 0.4) is 0 Å². The Morgan fingerprint density at radius 1 is 1.55 bits per heavy atom. The highest BCUT2D eigenvalue weighted by Gasteiger charge is 2.36. The third-order valence-electron chi connectivity index (χ3n) is 3.52. The SMILES string of the molecule is CS(=O)(=O)N1CCC[C@@H]1C(=O)NCCCOCc1ccco1. The summed E-state index contributed by atoms with van der Waals surface area (Å²) < 4.78 is 35.0. The summed E-state index contributed by atoms with van der Waals surface area (Å²) in [6.45, 7) is 1.79. The molecule has 0 aromatic carbocycles. The molecule has 8 heteroatoms. The first-order valence-corrected chi connectivity index (χ1v) is 9.18. The minimum atomic E-state index is -3.32. The van der Waals surface area contributed by atoms with Gasteiger partial charge in [0.1, 0.15) is 18.4 Å². The van der Waals surface area contributed by atoms with E-state index in [2.05, 4.69) is 5.32 Å². The van der Waals surface area contributed by atoms with Gasteiger partial charge in [0.05, 0.1) is 12.5 Å². The van der Waals surface area contributed by atoms with Gasteiger partial charge in [-0.2, -0.15) is 4.31 Å². The summed E-state index contributed by atoms with van der Waals surface area (Å²) in [6, 6.07) is 3.06. The van der Waals surface area contributed by atoms with E-state index in [1.54, 1.807) is 12.3 Å². The lowest BCUT2D eigenvalue weighted by atomic mass is 10.2. The zero-order valence-electron chi connectivity index (χ0n) is 12.7. The van der Waals surface area contributed by atoms with E-state index in [4.69, 9.17) is 9.15 Å². The van der Waals surface area contributed by atoms with E-state index in [1.165, 1.54) is 4.31 Å². The van der Waals surface area contributed by atoms with Crippen LogP contribution in [-0.2, 0) is 26.2 Å². The molecule has 0 bridgehead atoms. The van der Waals surface area contributed by atoms with E-state index in [9.17, 15) is 13.2 Å². The molecule has 2 heterocycles. The van der Waals surface area contributed by atoms with E-state index >= 15 is 0 Å². The van der Waals surface area contributed by atoms with Gasteiger partial charge in [0.25, 0.3) is 0 Å². The van der Waals surface area contributed by atoms with E-state index in [0.29, 0.717) is 39.1 Å². The van der Waals surface area contributed by atoms with Gasteiger partial charge in [-0.3, -0.25) is 4.79 Å². The van der Waals surface area contributed by atoms with Crippen LogP contribution >= 0.6 is 0 Å². The van der Waals surface area contributed by atoms with E-state index in [-0.39, 0.29) is 5.91 Å². The lowest BCUT2D eigenvalue weighted by molar-refractivity contribution is -0.124.